The highest BCUT2D eigenvalue weighted by Gasteiger charge is 2.42. The molecule has 17 heavy (non-hydrogen) atoms. The average Bonchev–Trinajstić information content (AvgIpc) is 2.75. The van der Waals surface area contributed by atoms with Gasteiger partial charge >= 0.3 is 0 Å². The molecule has 94 valence electrons. The number of likely N-dealkylation sites (N-methyl/N-ethyl adjacent to an activating group) is 1. The minimum atomic E-state index is -0.246. The van der Waals surface area contributed by atoms with Gasteiger partial charge in [0.25, 0.3) is 0 Å². The van der Waals surface area contributed by atoms with E-state index in [4.69, 9.17) is 0 Å². The summed E-state index contributed by atoms with van der Waals surface area (Å²) in [5.74, 6) is 0.334. The maximum Gasteiger partial charge on any atom is 0.184 e. The number of hydrogen-bond donors (Lipinski definition) is 0. The van der Waals surface area contributed by atoms with Crippen LogP contribution in [-0.4, -0.2) is 30.3 Å². The van der Waals surface area contributed by atoms with Crippen LogP contribution in [0.2, 0.25) is 0 Å². The Morgan fingerprint density at radius 2 is 1.94 bits per heavy atom. The Hall–Kier alpha value is -0.670. The number of aryl methyl sites for hydroxylation is 1. The summed E-state index contributed by atoms with van der Waals surface area (Å²) in [7, 11) is 4.09. The van der Waals surface area contributed by atoms with E-state index in [1.54, 1.807) is 11.3 Å². The fourth-order valence-corrected chi connectivity index (χ4v) is 3.58. The molecule has 0 spiro atoms. The molecule has 3 heteroatoms. The summed E-state index contributed by atoms with van der Waals surface area (Å²) in [6, 6.07) is 1.99. The summed E-state index contributed by atoms with van der Waals surface area (Å²) in [6.45, 7) is 2.05. The van der Waals surface area contributed by atoms with Gasteiger partial charge in [0.15, 0.2) is 5.78 Å². The van der Waals surface area contributed by atoms with Gasteiger partial charge in [0, 0.05) is 10.4 Å². The first-order chi connectivity index (χ1) is 8.08. The SMILES string of the molecule is Cc1sccc1C(=O)C1(N(C)C)CCCCC1. The Bertz CT molecular complexity index is 402. The highest BCUT2D eigenvalue weighted by Crippen LogP contribution is 2.36. The number of carbonyl (C=O) groups is 1. The van der Waals surface area contributed by atoms with E-state index >= 15 is 0 Å². The van der Waals surface area contributed by atoms with Crippen molar-refractivity contribution in [2.75, 3.05) is 14.1 Å². The van der Waals surface area contributed by atoms with E-state index in [0.29, 0.717) is 5.78 Å². The highest BCUT2D eigenvalue weighted by atomic mass is 32.1. The van der Waals surface area contributed by atoms with Crippen LogP contribution in [0.5, 0.6) is 0 Å². The number of ketones is 1. The van der Waals surface area contributed by atoms with Crippen LogP contribution in [0.1, 0.15) is 47.3 Å². The first kappa shape index (κ1) is 12.8. The van der Waals surface area contributed by atoms with Crippen molar-refractivity contribution in [3.8, 4) is 0 Å². The minimum Gasteiger partial charge on any atom is -0.297 e. The molecule has 1 fully saturated rings. The number of rotatable bonds is 3. The lowest BCUT2D eigenvalue weighted by Gasteiger charge is -2.41. The van der Waals surface area contributed by atoms with Crippen molar-refractivity contribution >= 4 is 17.1 Å². The van der Waals surface area contributed by atoms with Crippen molar-refractivity contribution in [1.29, 1.82) is 0 Å². The van der Waals surface area contributed by atoms with Gasteiger partial charge < -0.3 is 0 Å². The Balaban J connectivity index is 2.34. The van der Waals surface area contributed by atoms with Crippen molar-refractivity contribution in [3.63, 3.8) is 0 Å². The maximum absolute atomic E-state index is 12.8. The number of carbonyl (C=O) groups excluding carboxylic acids is 1. The van der Waals surface area contributed by atoms with Crippen LogP contribution in [0.25, 0.3) is 0 Å². The molecule has 0 radical (unpaired) electrons. The number of Topliss-reactive ketones (excluding diaryl/α,β-unsaturated/α-hetero) is 1. The molecule has 1 saturated carbocycles. The zero-order valence-corrected chi connectivity index (χ0v) is 11.8. The molecule has 0 unspecified atom stereocenters. The molecule has 2 nitrogen and oxygen atoms in total. The molecule has 2 rings (SSSR count). The van der Waals surface area contributed by atoms with Crippen molar-refractivity contribution in [1.82, 2.24) is 4.90 Å². The quantitative estimate of drug-likeness (QED) is 0.766. The summed E-state index contributed by atoms with van der Waals surface area (Å²) >= 11 is 1.67. The summed E-state index contributed by atoms with van der Waals surface area (Å²) < 4.78 is 0. The lowest BCUT2D eigenvalue weighted by atomic mass is 9.75. The van der Waals surface area contributed by atoms with Crippen LogP contribution in [0.4, 0.5) is 0 Å². The summed E-state index contributed by atoms with van der Waals surface area (Å²) in [6.07, 6.45) is 5.63. The standard InChI is InChI=1S/C14H21NOS/c1-11-12(7-10-17-11)13(16)14(15(2)3)8-5-4-6-9-14/h7,10H,4-6,8-9H2,1-3H3. The van der Waals surface area contributed by atoms with Crippen LogP contribution in [0.3, 0.4) is 0 Å². The predicted molar refractivity (Wildman–Crippen MR) is 72.9 cm³/mol. The Morgan fingerprint density at radius 3 is 2.41 bits per heavy atom. The molecule has 1 heterocycles. The summed E-state index contributed by atoms with van der Waals surface area (Å²) in [5.41, 5.74) is 0.690. The molecule has 1 aliphatic rings. The zero-order chi connectivity index (χ0) is 12.5. The predicted octanol–water partition coefficient (Wildman–Crippen LogP) is 3.50. The molecule has 0 saturated heterocycles. The third kappa shape index (κ3) is 2.18. The van der Waals surface area contributed by atoms with Gasteiger partial charge in [0.05, 0.1) is 5.54 Å². The van der Waals surface area contributed by atoms with Crippen molar-refractivity contribution in [3.05, 3.63) is 21.9 Å². The highest BCUT2D eigenvalue weighted by molar-refractivity contribution is 7.10. The molecule has 0 N–H and O–H groups in total. The number of hydrogen-bond acceptors (Lipinski definition) is 3. The lowest BCUT2D eigenvalue weighted by molar-refractivity contribution is 0.0564. The van der Waals surface area contributed by atoms with E-state index in [1.807, 2.05) is 32.5 Å². The first-order valence-electron chi connectivity index (χ1n) is 6.34. The lowest BCUT2D eigenvalue weighted by Crippen LogP contribution is -2.52. The topological polar surface area (TPSA) is 20.3 Å². The van der Waals surface area contributed by atoms with E-state index < -0.39 is 0 Å². The Labute approximate surface area is 108 Å². The largest absolute Gasteiger partial charge is 0.297 e. The van der Waals surface area contributed by atoms with Gasteiger partial charge in [-0.05, 0) is 45.3 Å². The molecule has 1 aromatic rings. The molecule has 1 aromatic heterocycles. The third-order valence-corrected chi connectivity index (χ3v) is 4.91. The number of nitrogens with zero attached hydrogens (tertiary/aromatic N) is 1. The molecule has 0 amide bonds. The molecule has 0 aliphatic heterocycles. The van der Waals surface area contributed by atoms with Crippen LogP contribution >= 0.6 is 11.3 Å². The van der Waals surface area contributed by atoms with Crippen molar-refractivity contribution in [2.24, 2.45) is 0 Å². The smallest absolute Gasteiger partial charge is 0.184 e. The Morgan fingerprint density at radius 1 is 1.29 bits per heavy atom. The van der Waals surface area contributed by atoms with Gasteiger partial charge in [-0.3, -0.25) is 9.69 Å². The second-order valence-corrected chi connectivity index (χ2v) is 6.33. The zero-order valence-electron chi connectivity index (χ0n) is 11.0. The maximum atomic E-state index is 12.8. The van der Waals surface area contributed by atoms with E-state index in [9.17, 15) is 4.79 Å². The van der Waals surface area contributed by atoms with Crippen LogP contribution in [-0.2, 0) is 0 Å². The normalized spacial score (nSPS) is 19.5. The van der Waals surface area contributed by atoms with E-state index in [2.05, 4.69) is 4.90 Å². The average molecular weight is 251 g/mol. The molecular formula is C14H21NOS. The number of thiophene rings is 1. The van der Waals surface area contributed by atoms with Gasteiger partial charge in [0.1, 0.15) is 0 Å². The molecule has 1 aliphatic carbocycles. The summed E-state index contributed by atoms with van der Waals surface area (Å²) in [4.78, 5) is 16.1. The van der Waals surface area contributed by atoms with Crippen molar-refractivity contribution < 1.29 is 4.79 Å². The summed E-state index contributed by atoms with van der Waals surface area (Å²) in [5, 5.41) is 2.02. The molecule has 0 atom stereocenters. The van der Waals surface area contributed by atoms with Gasteiger partial charge in [0.2, 0.25) is 0 Å². The van der Waals surface area contributed by atoms with Gasteiger partial charge in [-0.2, -0.15) is 0 Å². The fourth-order valence-electron chi connectivity index (χ4n) is 2.89. The fraction of sp³-hybridized carbons (Fsp3) is 0.643. The monoisotopic (exact) mass is 251 g/mol. The van der Waals surface area contributed by atoms with E-state index in [1.165, 1.54) is 19.3 Å². The molecule has 0 bridgehead atoms. The van der Waals surface area contributed by atoms with E-state index in [-0.39, 0.29) is 5.54 Å². The Kier molecular flexibility index (Phi) is 3.69. The second kappa shape index (κ2) is 4.91. The van der Waals surface area contributed by atoms with Gasteiger partial charge in [-0.15, -0.1) is 11.3 Å². The van der Waals surface area contributed by atoms with Crippen LogP contribution < -0.4 is 0 Å². The van der Waals surface area contributed by atoms with Crippen LogP contribution in [0, 0.1) is 6.92 Å². The van der Waals surface area contributed by atoms with Crippen LogP contribution in [0.15, 0.2) is 11.4 Å². The molecule has 0 aromatic carbocycles. The third-order valence-electron chi connectivity index (χ3n) is 4.06. The van der Waals surface area contributed by atoms with E-state index in [0.717, 1.165) is 23.3 Å². The first-order valence-corrected chi connectivity index (χ1v) is 7.22. The second-order valence-electron chi connectivity index (χ2n) is 5.21. The van der Waals surface area contributed by atoms with Gasteiger partial charge in [-0.1, -0.05) is 19.3 Å². The van der Waals surface area contributed by atoms with Gasteiger partial charge in [-0.25, -0.2) is 0 Å². The van der Waals surface area contributed by atoms with Crippen molar-refractivity contribution in [2.45, 2.75) is 44.6 Å². The molecular weight excluding hydrogens is 230 g/mol. The minimum absolute atomic E-state index is 0.246.